The minimum absolute atomic E-state index is 0.786. The van der Waals surface area contributed by atoms with Crippen molar-refractivity contribution < 1.29 is 0 Å². The Morgan fingerprint density at radius 3 is 2.83 bits per heavy atom. The second kappa shape index (κ2) is 2.92. The summed E-state index contributed by atoms with van der Waals surface area (Å²) in [6.45, 7) is 2.05. The van der Waals surface area contributed by atoms with Crippen molar-refractivity contribution >= 4 is 45.1 Å². The smallest absolute Gasteiger partial charge is 0.0481 e. The van der Waals surface area contributed by atoms with Crippen molar-refractivity contribution in [3.05, 3.63) is 32.5 Å². The number of fused-ring (bicyclic) bond motifs is 1. The number of halogens is 2. The lowest BCUT2D eigenvalue weighted by Crippen LogP contribution is -1.73. The first-order valence-corrected chi connectivity index (χ1v) is 5.07. The van der Waals surface area contributed by atoms with E-state index in [0.717, 1.165) is 10.5 Å². The van der Waals surface area contributed by atoms with Gasteiger partial charge in [0, 0.05) is 25.2 Å². The second-order valence-electron chi connectivity index (χ2n) is 2.80. The van der Waals surface area contributed by atoms with Crippen molar-refractivity contribution in [3.8, 4) is 0 Å². The van der Waals surface area contributed by atoms with Crippen LogP contribution in [0.2, 0.25) is 5.02 Å². The summed E-state index contributed by atoms with van der Waals surface area (Å²) in [6, 6.07) is 6.05. The monoisotopic (exact) mass is 291 g/mol. The fourth-order valence-corrected chi connectivity index (χ4v) is 2.48. The van der Waals surface area contributed by atoms with Crippen molar-refractivity contribution in [2.75, 3.05) is 0 Å². The van der Waals surface area contributed by atoms with Crippen molar-refractivity contribution in [1.29, 1.82) is 0 Å². The number of hydrogen-bond donors (Lipinski definition) is 1. The van der Waals surface area contributed by atoms with E-state index in [1.54, 1.807) is 0 Å². The Morgan fingerprint density at radius 1 is 1.33 bits per heavy atom. The molecule has 0 radical (unpaired) electrons. The van der Waals surface area contributed by atoms with E-state index in [-0.39, 0.29) is 0 Å². The molecule has 0 saturated heterocycles. The summed E-state index contributed by atoms with van der Waals surface area (Å²) in [6.07, 6.45) is 0. The zero-order chi connectivity index (χ0) is 8.72. The third-order valence-corrected chi connectivity index (χ3v) is 2.90. The lowest BCUT2D eigenvalue weighted by Gasteiger charge is -1.94. The molecule has 0 amide bonds. The third kappa shape index (κ3) is 1.33. The maximum absolute atomic E-state index is 5.91. The summed E-state index contributed by atoms with van der Waals surface area (Å²) in [7, 11) is 0. The van der Waals surface area contributed by atoms with Crippen LogP contribution in [0.15, 0.2) is 18.2 Å². The Hall–Kier alpha value is -0.220. The van der Waals surface area contributed by atoms with Gasteiger partial charge < -0.3 is 4.98 Å². The molecule has 1 heterocycles. The van der Waals surface area contributed by atoms with Crippen LogP contribution in [0.3, 0.4) is 0 Å². The van der Waals surface area contributed by atoms with E-state index < -0.39 is 0 Å². The molecule has 0 saturated carbocycles. The first-order valence-electron chi connectivity index (χ1n) is 3.61. The average molecular weight is 292 g/mol. The molecule has 12 heavy (non-hydrogen) atoms. The van der Waals surface area contributed by atoms with E-state index in [9.17, 15) is 0 Å². The molecule has 0 fully saturated rings. The van der Waals surface area contributed by atoms with Crippen LogP contribution in [-0.4, -0.2) is 4.98 Å². The molecule has 0 bridgehead atoms. The highest BCUT2D eigenvalue weighted by molar-refractivity contribution is 14.1. The lowest BCUT2D eigenvalue weighted by molar-refractivity contribution is 1.30. The van der Waals surface area contributed by atoms with Crippen LogP contribution in [0, 0.1) is 10.5 Å². The van der Waals surface area contributed by atoms with Crippen LogP contribution in [0.4, 0.5) is 0 Å². The van der Waals surface area contributed by atoms with Gasteiger partial charge >= 0.3 is 0 Å². The summed E-state index contributed by atoms with van der Waals surface area (Å²) >= 11 is 8.20. The largest absolute Gasteiger partial charge is 0.359 e. The van der Waals surface area contributed by atoms with Crippen LogP contribution >= 0.6 is 34.2 Å². The van der Waals surface area contributed by atoms with Gasteiger partial charge in [-0.25, -0.2) is 0 Å². The quantitative estimate of drug-likeness (QED) is 0.712. The number of aryl methyl sites for hydroxylation is 1. The van der Waals surface area contributed by atoms with Gasteiger partial charge in [-0.1, -0.05) is 11.6 Å². The Kier molecular flexibility index (Phi) is 2.04. The van der Waals surface area contributed by atoms with Gasteiger partial charge in [0.05, 0.1) is 0 Å². The number of hydrogen-bond acceptors (Lipinski definition) is 0. The molecule has 0 spiro atoms. The number of rotatable bonds is 0. The van der Waals surface area contributed by atoms with Gasteiger partial charge in [0.2, 0.25) is 0 Å². The molecule has 0 aliphatic heterocycles. The summed E-state index contributed by atoms with van der Waals surface area (Å²) in [5.74, 6) is 0. The zero-order valence-electron chi connectivity index (χ0n) is 6.49. The van der Waals surface area contributed by atoms with Gasteiger partial charge in [-0.3, -0.25) is 0 Å². The van der Waals surface area contributed by atoms with Gasteiger partial charge in [-0.05, 0) is 47.7 Å². The maximum atomic E-state index is 5.91. The molecule has 1 aromatic heterocycles. The summed E-state index contributed by atoms with van der Waals surface area (Å²) < 4.78 is 1.19. The van der Waals surface area contributed by atoms with Gasteiger partial charge in [0.25, 0.3) is 0 Å². The normalized spacial score (nSPS) is 10.9. The maximum Gasteiger partial charge on any atom is 0.0481 e. The number of benzene rings is 1. The van der Waals surface area contributed by atoms with E-state index in [4.69, 9.17) is 11.6 Å². The van der Waals surface area contributed by atoms with Crippen molar-refractivity contribution in [2.45, 2.75) is 6.92 Å². The van der Waals surface area contributed by atoms with E-state index in [1.807, 2.05) is 19.1 Å². The number of H-pyrrole nitrogens is 1. The Labute approximate surface area is 89.3 Å². The van der Waals surface area contributed by atoms with Crippen molar-refractivity contribution in [2.24, 2.45) is 0 Å². The molecular weight excluding hydrogens is 284 g/mol. The average Bonchev–Trinajstić information content (AvgIpc) is 2.29. The van der Waals surface area contributed by atoms with Gasteiger partial charge in [-0.2, -0.15) is 0 Å². The predicted octanol–water partition coefficient (Wildman–Crippen LogP) is 3.73. The van der Waals surface area contributed by atoms with Crippen LogP contribution in [-0.2, 0) is 0 Å². The van der Waals surface area contributed by atoms with E-state index in [2.05, 4.69) is 33.6 Å². The molecule has 1 nitrogen and oxygen atoms in total. The summed E-state index contributed by atoms with van der Waals surface area (Å²) in [4.78, 5) is 3.25. The first kappa shape index (κ1) is 8.38. The number of aromatic amines is 1. The number of nitrogens with one attached hydrogen (secondary N) is 1. The van der Waals surface area contributed by atoms with Gasteiger partial charge in [-0.15, -0.1) is 0 Å². The fraction of sp³-hybridized carbons (Fsp3) is 0.111. The molecule has 3 heteroatoms. The van der Waals surface area contributed by atoms with E-state index >= 15 is 0 Å². The second-order valence-corrected chi connectivity index (χ2v) is 4.40. The third-order valence-electron chi connectivity index (χ3n) is 1.79. The zero-order valence-corrected chi connectivity index (χ0v) is 9.40. The fourth-order valence-electron chi connectivity index (χ4n) is 1.30. The minimum atomic E-state index is 0.786. The molecular formula is C9H7ClIN. The molecule has 1 N–H and O–H groups in total. The van der Waals surface area contributed by atoms with Crippen LogP contribution in [0.1, 0.15) is 5.69 Å². The molecule has 0 atom stereocenters. The molecule has 0 aliphatic carbocycles. The molecule has 1 aromatic carbocycles. The molecule has 0 unspecified atom stereocenters. The topological polar surface area (TPSA) is 15.8 Å². The van der Waals surface area contributed by atoms with E-state index in [0.29, 0.717) is 0 Å². The Morgan fingerprint density at radius 2 is 2.08 bits per heavy atom. The molecule has 62 valence electrons. The Bertz CT molecular complexity index is 433. The van der Waals surface area contributed by atoms with Crippen molar-refractivity contribution in [3.63, 3.8) is 0 Å². The highest BCUT2D eigenvalue weighted by Crippen LogP contribution is 2.25. The van der Waals surface area contributed by atoms with Gasteiger partial charge in [0.15, 0.2) is 0 Å². The van der Waals surface area contributed by atoms with Crippen LogP contribution in [0.25, 0.3) is 10.9 Å². The predicted molar refractivity (Wildman–Crippen MR) is 60.8 cm³/mol. The van der Waals surface area contributed by atoms with E-state index in [1.165, 1.54) is 14.7 Å². The van der Waals surface area contributed by atoms with Crippen LogP contribution in [0.5, 0.6) is 0 Å². The molecule has 2 aromatic rings. The minimum Gasteiger partial charge on any atom is -0.359 e. The summed E-state index contributed by atoms with van der Waals surface area (Å²) in [5, 5.41) is 2.03. The van der Waals surface area contributed by atoms with Crippen molar-refractivity contribution in [1.82, 2.24) is 4.98 Å². The SMILES string of the molecule is Cc1cc2c(I)cc(Cl)cc2[nH]1. The highest BCUT2D eigenvalue weighted by Gasteiger charge is 2.02. The van der Waals surface area contributed by atoms with Crippen LogP contribution < -0.4 is 0 Å². The lowest BCUT2D eigenvalue weighted by atomic mass is 10.2. The molecule has 0 aliphatic rings. The standard InChI is InChI=1S/C9H7ClIN/c1-5-2-7-8(11)3-6(10)4-9(7)12-5/h2-4,12H,1H3. The van der Waals surface area contributed by atoms with Gasteiger partial charge in [0.1, 0.15) is 0 Å². The first-order chi connectivity index (χ1) is 5.66. The molecule has 2 rings (SSSR count). The number of aromatic nitrogens is 1. The highest BCUT2D eigenvalue weighted by atomic mass is 127. The summed E-state index contributed by atoms with van der Waals surface area (Å²) in [5.41, 5.74) is 2.29. The Balaban J connectivity index is 2.88.